The number of hydrogen-bond acceptors (Lipinski definition) is 5. The second-order valence-corrected chi connectivity index (χ2v) is 4.24. The number of nitro benzene ring substituents is 1. The van der Waals surface area contributed by atoms with Crippen molar-refractivity contribution in [2.75, 3.05) is 0 Å². The van der Waals surface area contributed by atoms with E-state index in [1.54, 1.807) is 0 Å². The fourth-order valence-corrected chi connectivity index (χ4v) is 1.74. The van der Waals surface area contributed by atoms with Gasteiger partial charge in [0, 0.05) is 30.3 Å². The van der Waals surface area contributed by atoms with Crippen molar-refractivity contribution in [2.24, 2.45) is 5.10 Å². The first-order valence-corrected chi connectivity index (χ1v) is 5.57. The number of hydrogen-bond donors (Lipinski definition) is 1. The molecule has 1 heterocycles. The van der Waals surface area contributed by atoms with Crippen LogP contribution in [0.15, 0.2) is 29.4 Å². The summed E-state index contributed by atoms with van der Waals surface area (Å²) in [6.45, 7) is 0. The Bertz CT molecular complexity index is 614. The second kappa shape index (κ2) is 4.81. The van der Waals surface area contributed by atoms with E-state index >= 15 is 0 Å². The summed E-state index contributed by atoms with van der Waals surface area (Å²) in [4.78, 5) is 21.7. The molecule has 1 atom stereocenters. The van der Waals surface area contributed by atoms with Crippen LogP contribution in [0.4, 0.5) is 18.9 Å². The molecule has 1 aliphatic heterocycles. The summed E-state index contributed by atoms with van der Waals surface area (Å²) in [5.41, 5.74) is -3.99. The van der Waals surface area contributed by atoms with Crippen molar-refractivity contribution >= 4 is 17.8 Å². The zero-order valence-electron chi connectivity index (χ0n) is 10.2. The number of alkyl halides is 3. The molecule has 1 amide bonds. The predicted molar refractivity (Wildman–Crippen MR) is 63.4 cm³/mol. The van der Waals surface area contributed by atoms with Crippen LogP contribution in [-0.4, -0.2) is 39.1 Å². The number of carbonyl (C=O) groups is 1. The minimum absolute atomic E-state index is 0.0752. The lowest BCUT2D eigenvalue weighted by atomic mass is 10.1. The van der Waals surface area contributed by atoms with E-state index in [0.29, 0.717) is 0 Å². The molecular formula is C11H8F3N3O4. The molecule has 1 aliphatic rings. The Morgan fingerprint density at radius 3 is 2.43 bits per heavy atom. The number of nitrogens with zero attached hydrogens (tertiary/aromatic N) is 3. The van der Waals surface area contributed by atoms with E-state index in [4.69, 9.17) is 0 Å². The van der Waals surface area contributed by atoms with Gasteiger partial charge in [0.25, 0.3) is 17.3 Å². The van der Waals surface area contributed by atoms with E-state index in [1.165, 1.54) is 0 Å². The maximum absolute atomic E-state index is 12.8. The molecule has 1 N–H and O–H groups in total. The normalized spacial score (nSPS) is 21.6. The van der Waals surface area contributed by atoms with Crippen molar-refractivity contribution in [3.63, 3.8) is 0 Å². The number of aliphatic hydroxyl groups is 1. The molecule has 0 spiro atoms. The highest BCUT2D eigenvalue weighted by atomic mass is 19.4. The Hall–Kier alpha value is -2.49. The molecule has 0 fully saturated rings. The first kappa shape index (κ1) is 14.9. The zero-order chi connectivity index (χ0) is 15.8. The second-order valence-electron chi connectivity index (χ2n) is 4.24. The minimum atomic E-state index is -5.08. The summed E-state index contributed by atoms with van der Waals surface area (Å²) in [5, 5.41) is 23.2. The van der Waals surface area contributed by atoms with Gasteiger partial charge in [-0.1, -0.05) is 0 Å². The van der Waals surface area contributed by atoms with Crippen LogP contribution >= 0.6 is 0 Å². The molecule has 0 aromatic heterocycles. The first-order chi connectivity index (χ1) is 9.67. The van der Waals surface area contributed by atoms with Crippen LogP contribution in [0.2, 0.25) is 0 Å². The zero-order valence-corrected chi connectivity index (χ0v) is 10.2. The highest BCUT2D eigenvalue weighted by molar-refractivity contribution is 5.96. The van der Waals surface area contributed by atoms with E-state index in [9.17, 15) is 33.2 Å². The summed E-state index contributed by atoms with van der Waals surface area (Å²) < 4.78 is 38.5. The quantitative estimate of drug-likeness (QED) is 0.664. The number of amides is 1. The van der Waals surface area contributed by atoms with Gasteiger partial charge in [0.2, 0.25) is 0 Å². The third-order valence-electron chi connectivity index (χ3n) is 2.89. The topological polar surface area (TPSA) is 96.0 Å². The summed E-state index contributed by atoms with van der Waals surface area (Å²) >= 11 is 0. The third kappa shape index (κ3) is 2.44. The molecule has 0 bridgehead atoms. The van der Waals surface area contributed by atoms with Gasteiger partial charge in [0.05, 0.1) is 4.92 Å². The summed E-state index contributed by atoms with van der Waals surface area (Å²) in [6, 6.07) is 3.93. The van der Waals surface area contributed by atoms with Gasteiger partial charge in [-0.25, -0.2) is 0 Å². The number of carbonyl (C=O) groups excluding carboxylic acids is 1. The molecule has 0 saturated carbocycles. The lowest BCUT2D eigenvalue weighted by Crippen LogP contribution is -2.56. The van der Waals surface area contributed by atoms with Gasteiger partial charge >= 0.3 is 6.18 Å². The van der Waals surface area contributed by atoms with Gasteiger partial charge in [-0.05, 0) is 12.1 Å². The van der Waals surface area contributed by atoms with Crippen LogP contribution in [0.25, 0.3) is 0 Å². The van der Waals surface area contributed by atoms with Crippen molar-refractivity contribution in [3.05, 3.63) is 39.9 Å². The molecule has 1 aromatic rings. The molecule has 21 heavy (non-hydrogen) atoms. The molecule has 7 nitrogen and oxygen atoms in total. The third-order valence-corrected chi connectivity index (χ3v) is 2.89. The van der Waals surface area contributed by atoms with Crippen molar-refractivity contribution in [3.8, 4) is 0 Å². The average Bonchev–Trinajstić information content (AvgIpc) is 2.81. The van der Waals surface area contributed by atoms with Gasteiger partial charge < -0.3 is 5.11 Å². The number of non-ortho nitro benzene ring substituents is 1. The maximum atomic E-state index is 12.8. The number of benzene rings is 1. The molecule has 0 aliphatic carbocycles. The summed E-state index contributed by atoms with van der Waals surface area (Å²) in [5.74, 6) is -1.21. The van der Waals surface area contributed by atoms with Gasteiger partial charge in [0.1, 0.15) is 0 Å². The smallest absolute Gasteiger partial charge is 0.362 e. The Balaban J connectivity index is 2.31. The van der Waals surface area contributed by atoms with E-state index in [0.717, 1.165) is 30.5 Å². The Labute approximate surface area is 115 Å². The molecule has 10 heteroatoms. The summed E-state index contributed by atoms with van der Waals surface area (Å²) in [6.07, 6.45) is -5.19. The van der Waals surface area contributed by atoms with E-state index in [1.807, 2.05) is 0 Å². The predicted octanol–water partition coefficient (Wildman–Crippen LogP) is 1.68. The van der Waals surface area contributed by atoms with Crippen molar-refractivity contribution in [1.82, 2.24) is 5.01 Å². The highest BCUT2D eigenvalue weighted by Crippen LogP contribution is 2.39. The van der Waals surface area contributed by atoms with E-state index < -0.39 is 29.2 Å². The summed E-state index contributed by atoms with van der Waals surface area (Å²) in [7, 11) is 0. The molecule has 1 aromatic carbocycles. The van der Waals surface area contributed by atoms with Gasteiger partial charge in [0.15, 0.2) is 0 Å². The average molecular weight is 303 g/mol. The van der Waals surface area contributed by atoms with Crippen LogP contribution in [-0.2, 0) is 0 Å². The lowest BCUT2D eigenvalue weighted by molar-refractivity contribution is -0.384. The van der Waals surface area contributed by atoms with E-state index in [2.05, 4.69) is 5.10 Å². The first-order valence-electron chi connectivity index (χ1n) is 5.57. The molecule has 2 rings (SSSR count). The molecular weight excluding hydrogens is 295 g/mol. The molecule has 112 valence electrons. The number of halogens is 3. The number of hydrazone groups is 1. The van der Waals surface area contributed by atoms with Crippen molar-refractivity contribution in [1.29, 1.82) is 0 Å². The number of rotatable bonds is 2. The molecule has 0 unspecified atom stereocenters. The van der Waals surface area contributed by atoms with Crippen LogP contribution in [0.1, 0.15) is 16.8 Å². The van der Waals surface area contributed by atoms with E-state index in [-0.39, 0.29) is 16.3 Å². The van der Waals surface area contributed by atoms with Crippen molar-refractivity contribution < 1.29 is 28.0 Å². The van der Waals surface area contributed by atoms with Crippen molar-refractivity contribution in [2.45, 2.75) is 18.3 Å². The SMILES string of the molecule is O=C(c1ccc([N+](=O)[O-])cc1)N1N=CC[C@]1(O)C(F)(F)F. The van der Waals surface area contributed by atoms with Gasteiger partial charge in [-0.3, -0.25) is 14.9 Å². The monoisotopic (exact) mass is 303 g/mol. The number of nitro groups is 1. The Morgan fingerprint density at radius 1 is 1.38 bits per heavy atom. The fourth-order valence-electron chi connectivity index (χ4n) is 1.74. The lowest BCUT2D eigenvalue weighted by Gasteiger charge is -2.32. The largest absolute Gasteiger partial charge is 0.438 e. The molecule has 0 saturated heterocycles. The standard InChI is InChI=1S/C11H8F3N3O4/c12-11(13,14)10(19)5-6-15-16(10)9(18)7-1-3-8(4-2-7)17(20)21/h1-4,6,19H,5H2/t10-/m0/s1. The fraction of sp³-hybridized carbons (Fsp3) is 0.273. The van der Waals surface area contributed by atoms with Gasteiger partial charge in [-0.15, -0.1) is 0 Å². The van der Waals surface area contributed by atoms with Crippen LogP contribution in [0.3, 0.4) is 0 Å². The Kier molecular flexibility index (Phi) is 3.41. The molecule has 0 radical (unpaired) electrons. The Morgan fingerprint density at radius 2 is 1.95 bits per heavy atom. The van der Waals surface area contributed by atoms with Crippen LogP contribution in [0.5, 0.6) is 0 Å². The van der Waals surface area contributed by atoms with Crippen LogP contribution in [0, 0.1) is 10.1 Å². The minimum Gasteiger partial charge on any atom is -0.362 e. The highest BCUT2D eigenvalue weighted by Gasteiger charge is 2.61. The van der Waals surface area contributed by atoms with Gasteiger partial charge in [-0.2, -0.15) is 23.3 Å². The maximum Gasteiger partial charge on any atom is 0.438 e. The van der Waals surface area contributed by atoms with Crippen LogP contribution < -0.4 is 0 Å².